The van der Waals surface area contributed by atoms with Crippen molar-refractivity contribution in [1.29, 1.82) is 0 Å². The molecule has 11 N–H and O–H groups in total. The number of hydrogen-bond donors (Lipinski definition) is 11. The van der Waals surface area contributed by atoms with Gasteiger partial charge >= 0.3 is 5.97 Å². The number of carbonyl (C=O) groups excluding carboxylic acids is 6. The second-order valence-electron chi connectivity index (χ2n) is 17.4. The zero-order valence-electron chi connectivity index (χ0n) is 40.0. The average molecular weight is 984 g/mol. The van der Waals surface area contributed by atoms with Gasteiger partial charge in [0.25, 0.3) is 0 Å². The highest BCUT2D eigenvalue weighted by atomic mass is 16.7. The van der Waals surface area contributed by atoms with Crippen LogP contribution < -0.4 is 26.6 Å². The molecule has 0 radical (unpaired) electrons. The van der Waals surface area contributed by atoms with Crippen LogP contribution in [0.25, 0.3) is 0 Å². The second-order valence-corrected chi connectivity index (χ2v) is 17.4. The summed E-state index contributed by atoms with van der Waals surface area (Å²) in [6.45, 7) is 4.20. The summed E-state index contributed by atoms with van der Waals surface area (Å²) in [5.41, 5.74) is 0.903. The molecular formula is C47H77N5O17. The summed E-state index contributed by atoms with van der Waals surface area (Å²) < 4.78 is 26.9. The molecule has 0 spiro atoms. The molecule has 3 rings (SSSR count). The van der Waals surface area contributed by atoms with E-state index in [1.165, 1.54) is 13.8 Å². The van der Waals surface area contributed by atoms with Gasteiger partial charge in [0, 0.05) is 58.3 Å². The molecule has 0 aromatic heterocycles. The van der Waals surface area contributed by atoms with E-state index in [0.29, 0.717) is 77.3 Å². The van der Waals surface area contributed by atoms with E-state index in [1.54, 1.807) is 0 Å². The topological polar surface area (TPSA) is 330 Å². The van der Waals surface area contributed by atoms with E-state index in [-0.39, 0.29) is 101 Å². The standard InChI is InChI=1S/C47H77N5O17/c1-30-39(58)41(60)43(62)46(68-30)65-27-25-49-35(54)19-9-8-18-34(53)48-23-14-12-17-33(45(64)51-24-13-4-7-22-38(57)67-29-32-15-5-3-6-16-32)52-37(56)21-11-10-20-36(55)50-26-28-66-47-44(63)42(61)40(59)31(2)69-47/h3,5-6,15-16,30-31,33,39-44,46-47,58-63H,4,7-14,17-29H2,1-2H3,(H,48,53)(H,49,54)(H,50,55)(H,51,64)(H,52,56)/t30-,31-,33-,39+,40+,41+,42+,43-,44-,46+,47+/m0/s1. The number of aliphatic hydroxyl groups excluding tert-OH is 6. The molecule has 0 aliphatic carbocycles. The molecule has 2 fully saturated rings. The number of ether oxygens (including phenoxy) is 5. The van der Waals surface area contributed by atoms with Crippen LogP contribution >= 0.6 is 0 Å². The van der Waals surface area contributed by atoms with Crippen LogP contribution in [0, 0.1) is 0 Å². The summed E-state index contributed by atoms with van der Waals surface area (Å²) in [5, 5.41) is 73.4. The SMILES string of the molecule is C[C@@H]1O[C@@H](OCCNC(=O)CCCCC(=O)NCCCC[C@H](NC(=O)CCCCC(=O)NCCO[C@@H]2O[C@@H](C)[C@@H](O)[C@@H](O)[C@@H]2O)C(=O)NCCCCCC(=O)OCc2ccccc2)[C@@H](O)[C@H](O)[C@@H]1O. The van der Waals surface area contributed by atoms with Gasteiger partial charge in [0.05, 0.1) is 25.4 Å². The Kier molecular flexibility index (Phi) is 28.4. The monoisotopic (exact) mass is 984 g/mol. The first-order valence-electron chi connectivity index (χ1n) is 24.3. The predicted octanol–water partition coefficient (Wildman–Crippen LogP) is -0.781. The molecule has 22 heteroatoms. The number of rotatable bonds is 33. The third-order valence-corrected chi connectivity index (χ3v) is 11.6. The van der Waals surface area contributed by atoms with Crippen LogP contribution in [-0.4, -0.2) is 173 Å². The number of hydrogen-bond acceptors (Lipinski definition) is 17. The van der Waals surface area contributed by atoms with E-state index in [4.69, 9.17) is 23.7 Å². The fourth-order valence-electron chi connectivity index (χ4n) is 7.39. The summed E-state index contributed by atoms with van der Waals surface area (Å²) in [6, 6.07) is 8.55. The van der Waals surface area contributed by atoms with Gasteiger partial charge in [-0.05, 0) is 77.2 Å². The number of carbonyl (C=O) groups is 6. The minimum absolute atomic E-state index is 0.00920. The maximum atomic E-state index is 13.3. The van der Waals surface area contributed by atoms with Crippen molar-refractivity contribution >= 4 is 35.5 Å². The lowest BCUT2D eigenvalue weighted by Gasteiger charge is -2.38. The van der Waals surface area contributed by atoms with Crippen LogP contribution in [0.1, 0.15) is 116 Å². The molecule has 2 heterocycles. The van der Waals surface area contributed by atoms with Gasteiger partial charge in [-0.25, -0.2) is 0 Å². The van der Waals surface area contributed by atoms with Crippen LogP contribution in [0.15, 0.2) is 30.3 Å². The zero-order valence-corrected chi connectivity index (χ0v) is 40.0. The molecule has 0 saturated carbocycles. The third kappa shape index (κ3) is 23.4. The molecule has 0 unspecified atom stereocenters. The van der Waals surface area contributed by atoms with E-state index >= 15 is 0 Å². The molecule has 69 heavy (non-hydrogen) atoms. The molecule has 22 nitrogen and oxygen atoms in total. The lowest BCUT2D eigenvalue weighted by atomic mass is 10.0. The Morgan fingerprint density at radius 1 is 0.522 bits per heavy atom. The summed E-state index contributed by atoms with van der Waals surface area (Å²) in [7, 11) is 0. The highest BCUT2D eigenvalue weighted by Gasteiger charge is 2.43. The van der Waals surface area contributed by atoms with Crippen molar-refractivity contribution in [1.82, 2.24) is 26.6 Å². The largest absolute Gasteiger partial charge is 0.461 e. The Balaban J connectivity index is 1.30. The van der Waals surface area contributed by atoms with Crippen molar-refractivity contribution in [2.75, 3.05) is 39.4 Å². The van der Waals surface area contributed by atoms with Gasteiger partial charge in [-0.3, -0.25) is 28.8 Å². The molecule has 2 aliphatic heterocycles. The first-order valence-corrected chi connectivity index (χ1v) is 24.3. The molecule has 1 aromatic carbocycles. The van der Waals surface area contributed by atoms with Gasteiger partial charge in [-0.15, -0.1) is 0 Å². The normalized spacial score (nSPS) is 24.9. The van der Waals surface area contributed by atoms with Crippen molar-refractivity contribution in [3.8, 4) is 0 Å². The lowest BCUT2D eigenvalue weighted by molar-refractivity contribution is -0.292. The Morgan fingerprint density at radius 3 is 1.49 bits per heavy atom. The third-order valence-electron chi connectivity index (χ3n) is 11.6. The Hall–Kier alpha value is -4.36. The number of nitrogens with one attached hydrogen (secondary N) is 5. The summed E-state index contributed by atoms with van der Waals surface area (Å²) in [6.07, 6.45) is -6.19. The van der Waals surface area contributed by atoms with Crippen LogP contribution in [0.2, 0.25) is 0 Å². The second kappa shape index (κ2) is 33.3. The van der Waals surface area contributed by atoms with E-state index in [0.717, 1.165) is 5.56 Å². The molecular weight excluding hydrogens is 907 g/mol. The Morgan fingerprint density at radius 2 is 0.971 bits per heavy atom. The van der Waals surface area contributed by atoms with Crippen LogP contribution in [-0.2, 0) is 59.1 Å². The number of benzene rings is 1. The number of amides is 5. The van der Waals surface area contributed by atoms with Crippen LogP contribution in [0.4, 0.5) is 0 Å². The maximum absolute atomic E-state index is 13.3. The average Bonchev–Trinajstić information content (AvgIpc) is 3.33. The van der Waals surface area contributed by atoms with Gasteiger partial charge in [-0.2, -0.15) is 0 Å². The van der Waals surface area contributed by atoms with Crippen LogP contribution in [0.3, 0.4) is 0 Å². The number of esters is 1. The van der Waals surface area contributed by atoms with E-state index in [9.17, 15) is 59.4 Å². The smallest absolute Gasteiger partial charge is 0.306 e. The van der Waals surface area contributed by atoms with Crippen molar-refractivity contribution in [3.63, 3.8) is 0 Å². The zero-order chi connectivity index (χ0) is 50.6. The van der Waals surface area contributed by atoms with Crippen molar-refractivity contribution in [3.05, 3.63) is 35.9 Å². The first kappa shape index (κ1) is 59.0. The summed E-state index contributed by atoms with van der Waals surface area (Å²) in [4.78, 5) is 75.4. The lowest BCUT2D eigenvalue weighted by Crippen LogP contribution is -2.57. The Bertz CT molecular complexity index is 1680. The maximum Gasteiger partial charge on any atom is 0.306 e. The predicted molar refractivity (Wildman–Crippen MR) is 246 cm³/mol. The van der Waals surface area contributed by atoms with Crippen molar-refractivity contribution in [2.45, 2.75) is 184 Å². The molecule has 11 atom stereocenters. The minimum Gasteiger partial charge on any atom is -0.461 e. The quantitative estimate of drug-likeness (QED) is 0.0304. The molecule has 0 bridgehead atoms. The first-order chi connectivity index (χ1) is 33.1. The van der Waals surface area contributed by atoms with Gasteiger partial charge in [0.2, 0.25) is 29.5 Å². The fraction of sp³-hybridized carbons (Fsp3) is 0.745. The van der Waals surface area contributed by atoms with Gasteiger partial charge in [0.1, 0.15) is 49.3 Å². The minimum atomic E-state index is -1.45. The summed E-state index contributed by atoms with van der Waals surface area (Å²) in [5.74, 6) is -1.71. The molecule has 2 saturated heterocycles. The summed E-state index contributed by atoms with van der Waals surface area (Å²) >= 11 is 0. The molecule has 2 aliphatic rings. The Labute approximate surface area is 403 Å². The van der Waals surface area contributed by atoms with Gasteiger partial charge in [-0.1, -0.05) is 36.8 Å². The van der Waals surface area contributed by atoms with E-state index < -0.39 is 67.5 Å². The number of unbranched alkanes of at least 4 members (excludes halogenated alkanes) is 5. The van der Waals surface area contributed by atoms with E-state index in [2.05, 4.69) is 26.6 Å². The van der Waals surface area contributed by atoms with Gasteiger partial charge < -0.3 is 80.9 Å². The fourth-order valence-corrected chi connectivity index (χ4v) is 7.39. The highest BCUT2D eigenvalue weighted by molar-refractivity contribution is 5.87. The molecule has 5 amide bonds. The molecule has 392 valence electrons. The van der Waals surface area contributed by atoms with Crippen molar-refractivity contribution < 1.29 is 83.1 Å². The van der Waals surface area contributed by atoms with Crippen molar-refractivity contribution in [2.24, 2.45) is 0 Å². The molecule has 1 aromatic rings. The highest BCUT2D eigenvalue weighted by Crippen LogP contribution is 2.23. The number of aliphatic hydroxyl groups is 6. The van der Waals surface area contributed by atoms with E-state index in [1.807, 2.05) is 30.3 Å². The van der Waals surface area contributed by atoms with Crippen LogP contribution in [0.5, 0.6) is 0 Å². The van der Waals surface area contributed by atoms with Gasteiger partial charge in [0.15, 0.2) is 12.6 Å².